The van der Waals surface area contributed by atoms with Crippen LogP contribution < -0.4 is 10.1 Å². The number of amides is 1. The zero-order valence-corrected chi connectivity index (χ0v) is 12.8. The molecule has 2 rings (SSSR count). The van der Waals surface area contributed by atoms with Gasteiger partial charge >= 0.3 is 0 Å². The van der Waals surface area contributed by atoms with Crippen LogP contribution in [0.2, 0.25) is 0 Å². The van der Waals surface area contributed by atoms with E-state index >= 15 is 0 Å². The molecule has 0 radical (unpaired) electrons. The molecule has 0 spiro atoms. The lowest BCUT2D eigenvalue weighted by molar-refractivity contribution is 0.0905. The molecular weight excluding hydrogens is 280 g/mol. The van der Waals surface area contributed by atoms with Gasteiger partial charge in [0.25, 0.3) is 5.91 Å². The van der Waals surface area contributed by atoms with Crippen molar-refractivity contribution in [3.05, 3.63) is 59.9 Å². The summed E-state index contributed by atoms with van der Waals surface area (Å²) in [6.45, 7) is 2.85. The predicted octanol–water partition coefficient (Wildman–Crippen LogP) is 2.43. The van der Waals surface area contributed by atoms with Gasteiger partial charge in [0.15, 0.2) is 0 Å². The third-order valence-electron chi connectivity index (χ3n) is 3.07. The number of pyridine rings is 1. The number of nitrogens with one attached hydrogen (secondary N) is 1. The highest BCUT2D eigenvalue weighted by Gasteiger charge is 2.09. The third-order valence-corrected chi connectivity index (χ3v) is 3.07. The first-order valence-electron chi connectivity index (χ1n) is 7.10. The molecule has 0 fully saturated rings. The summed E-state index contributed by atoms with van der Waals surface area (Å²) < 4.78 is 10.7. The van der Waals surface area contributed by atoms with Crippen molar-refractivity contribution in [1.82, 2.24) is 10.3 Å². The van der Waals surface area contributed by atoms with E-state index in [1.807, 2.05) is 19.1 Å². The zero-order valence-electron chi connectivity index (χ0n) is 12.8. The number of carbonyl (C=O) groups is 1. The highest BCUT2D eigenvalue weighted by molar-refractivity contribution is 5.94. The summed E-state index contributed by atoms with van der Waals surface area (Å²) in [5.74, 6) is 0.600. The summed E-state index contributed by atoms with van der Waals surface area (Å²) in [4.78, 5) is 16.0. The van der Waals surface area contributed by atoms with Gasteiger partial charge in [-0.3, -0.25) is 9.78 Å². The standard InChI is InChI=1S/C17H20N2O3/c1-13(11-21-2)19-17(20)15-3-5-16(6-4-15)22-12-14-7-9-18-10-8-14/h3-10,13H,11-12H2,1-2H3,(H,19,20)/t13-/m0/s1. The average molecular weight is 300 g/mol. The number of hydrogen-bond donors (Lipinski definition) is 1. The molecule has 5 nitrogen and oxygen atoms in total. The molecule has 1 amide bonds. The Hall–Kier alpha value is -2.40. The minimum Gasteiger partial charge on any atom is -0.489 e. The molecule has 116 valence electrons. The molecule has 1 aromatic heterocycles. The fourth-order valence-electron chi connectivity index (χ4n) is 1.95. The molecule has 0 unspecified atom stereocenters. The van der Waals surface area contributed by atoms with E-state index in [0.29, 0.717) is 18.8 Å². The first kappa shape index (κ1) is 16.0. The average Bonchev–Trinajstić information content (AvgIpc) is 2.54. The van der Waals surface area contributed by atoms with Gasteiger partial charge < -0.3 is 14.8 Å². The molecule has 5 heteroatoms. The smallest absolute Gasteiger partial charge is 0.251 e. The van der Waals surface area contributed by atoms with Gasteiger partial charge in [0.2, 0.25) is 0 Å². The molecule has 2 aromatic rings. The van der Waals surface area contributed by atoms with E-state index in [1.54, 1.807) is 43.8 Å². The lowest BCUT2D eigenvalue weighted by atomic mass is 10.2. The summed E-state index contributed by atoms with van der Waals surface area (Å²) in [5, 5.41) is 2.86. The Labute approximate surface area is 130 Å². The number of aromatic nitrogens is 1. The molecule has 1 N–H and O–H groups in total. The van der Waals surface area contributed by atoms with E-state index in [0.717, 1.165) is 11.3 Å². The van der Waals surface area contributed by atoms with Crippen molar-refractivity contribution in [2.75, 3.05) is 13.7 Å². The van der Waals surface area contributed by atoms with Crippen molar-refractivity contribution >= 4 is 5.91 Å². The predicted molar refractivity (Wildman–Crippen MR) is 83.8 cm³/mol. The van der Waals surface area contributed by atoms with Crippen LogP contribution >= 0.6 is 0 Å². The van der Waals surface area contributed by atoms with Gasteiger partial charge in [0.1, 0.15) is 12.4 Å². The Morgan fingerprint density at radius 2 is 1.86 bits per heavy atom. The van der Waals surface area contributed by atoms with E-state index < -0.39 is 0 Å². The topological polar surface area (TPSA) is 60.5 Å². The van der Waals surface area contributed by atoms with Gasteiger partial charge in [-0.25, -0.2) is 0 Å². The Balaban J connectivity index is 1.88. The van der Waals surface area contributed by atoms with Crippen LogP contribution in [0.5, 0.6) is 5.75 Å². The second-order valence-electron chi connectivity index (χ2n) is 5.00. The number of hydrogen-bond acceptors (Lipinski definition) is 4. The maximum absolute atomic E-state index is 12.0. The Morgan fingerprint density at radius 1 is 1.18 bits per heavy atom. The van der Waals surface area contributed by atoms with Gasteiger partial charge in [-0.05, 0) is 48.9 Å². The number of ether oxygens (including phenoxy) is 2. The third kappa shape index (κ3) is 4.86. The minimum atomic E-state index is -0.120. The van der Waals surface area contributed by atoms with Gasteiger partial charge in [-0.1, -0.05) is 0 Å². The van der Waals surface area contributed by atoms with Crippen LogP contribution in [-0.4, -0.2) is 30.6 Å². The lowest BCUT2D eigenvalue weighted by Gasteiger charge is -2.13. The lowest BCUT2D eigenvalue weighted by Crippen LogP contribution is -2.35. The van der Waals surface area contributed by atoms with Crippen LogP contribution in [0.3, 0.4) is 0 Å². The number of methoxy groups -OCH3 is 1. The van der Waals surface area contributed by atoms with Crippen molar-refractivity contribution in [1.29, 1.82) is 0 Å². The van der Waals surface area contributed by atoms with Gasteiger partial charge in [0, 0.05) is 31.1 Å². The molecular formula is C17H20N2O3. The van der Waals surface area contributed by atoms with Crippen molar-refractivity contribution in [2.45, 2.75) is 19.6 Å². The van der Waals surface area contributed by atoms with Crippen molar-refractivity contribution in [3.8, 4) is 5.75 Å². The van der Waals surface area contributed by atoms with Crippen molar-refractivity contribution in [2.24, 2.45) is 0 Å². The van der Waals surface area contributed by atoms with Crippen molar-refractivity contribution in [3.63, 3.8) is 0 Å². The van der Waals surface area contributed by atoms with Crippen LogP contribution in [0.1, 0.15) is 22.8 Å². The number of carbonyl (C=O) groups excluding carboxylic acids is 1. The molecule has 0 saturated carbocycles. The normalized spacial score (nSPS) is 11.7. The molecule has 1 aromatic carbocycles. The largest absolute Gasteiger partial charge is 0.489 e. The molecule has 1 heterocycles. The van der Waals surface area contributed by atoms with Crippen LogP contribution in [-0.2, 0) is 11.3 Å². The highest BCUT2D eigenvalue weighted by atomic mass is 16.5. The monoisotopic (exact) mass is 300 g/mol. The highest BCUT2D eigenvalue weighted by Crippen LogP contribution is 2.14. The first-order valence-corrected chi connectivity index (χ1v) is 7.10. The molecule has 1 atom stereocenters. The summed E-state index contributed by atoms with van der Waals surface area (Å²) in [6.07, 6.45) is 3.46. The van der Waals surface area contributed by atoms with Gasteiger partial charge in [-0.2, -0.15) is 0 Å². The summed E-state index contributed by atoms with van der Waals surface area (Å²) in [7, 11) is 1.61. The Kier molecular flexibility index (Phi) is 5.91. The Morgan fingerprint density at radius 3 is 2.50 bits per heavy atom. The minimum absolute atomic E-state index is 0.0277. The van der Waals surface area contributed by atoms with E-state index in [4.69, 9.17) is 9.47 Å². The summed E-state index contributed by atoms with van der Waals surface area (Å²) in [6, 6.07) is 10.8. The molecule has 0 bridgehead atoms. The van der Waals surface area contributed by atoms with Crippen LogP contribution in [0.4, 0.5) is 0 Å². The van der Waals surface area contributed by atoms with E-state index in [2.05, 4.69) is 10.3 Å². The van der Waals surface area contributed by atoms with E-state index in [-0.39, 0.29) is 11.9 Å². The molecule has 0 saturated heterocycles. The Bertz CT molecular complexity index is 585. The molecule has 0 aliphatic carbocycles. The fourth-order valence-corrected chi connectivity index (χ4v) is 1.95. The second-order valence-corrected chi connectivity index (χ2v) is 5.00. The SMILES string of the molecule is COC[C@H](C)NC(=O)c1ccc(OCc2ccncc2)cc1. The fraction of sp³-hybridized carbons (Fsp3) is 0.294. The van der Waals surface area contributed by atoms with Crippen LogP contribution in [0, 0.1) is 0 Å². The summed E-state index contributed by atoms with van der Waals surface area (Å²) in [5.41, 5.74) is 1.64. The van der Waals surface area contributed by atoms with E-state index in [9.17, 15) is 4.79 Å². The second kappa shape index (κ2) is 8.14. The first-order chi connectivity index (χ1) is 10.7. The zero-order chi connectivity index (χ0) is 15.8. The maximum atomic E-state index is 12.0. The van der Waals surface area contributed by atoms with Crippen LogP contribution in [0.15, 0.2) is 48.8 Å². The number of rotatable bonds is 7. The molecule has 22 heavy (non-hydrogen) atoms. The molecule has 0 aliphatic rings. The quantitative estimate of drug-likeness (QED) is 0.853. The van der Waals surface area contributed by atoms with Crippen molar-refractivity contribution < 1.29 is 14.3 Å². The number of nitrogens with zero attached hydrogens (tertiary/aromatic N) is 1. The summed E-state index contributed by atoms with van der Waals surface area (Å²) >= 11 is 0. The maximum Gasteiger partial charge on any atom is 0.251 e. The van der Waals surface area contributed by atoms with Gasteiger partial charge in [0.05, 0.1) is 6.61 Å². The number of benzene rings is 1. The van der Waals surface area contributed by atoms with Crippen LogP contribution in [0.25, 0.3) is 0 Å². The van der Waals surface area contributed by atoms with Gasteiger partial charge in [-0.15, -0.1) is 0 Å². The van der Waals surface area contributed by atoms with E-state index in [1.165, 1.54) is 0 Å². The molecule has 0 aliphatic heterocycles.